The third kappa shape index (κ3) is 3.83. The van der Waals surface area contributed by atoms with Gasteiger partial charge in [-0.05, 0) is 35.4 Å². The number of sulfonamides is 1. The predicted octanol–water partition coefficient (Wildman–Crippen LogP) is 4.29. The highest BCUT2D eigenvalue weighted by Crippen LogP contribution is 2.39. The molecule has 0 aliphatic carbocycles. The van der Waals surface area contributed by atoms with Crippen molar-refractivity contribution in [3.63, 3.8) is 0 Å². The summed E-state index contributed by atoms with van der Waals surface area (Å²) in [6, 6.07) is 10.6. The molecular weight excluding hydrogens is 408 g/mol. The first kappa shape index (κ1) is 20.8. The maximum atomic E-state index is 14.7. The number of benzene rings is 3. The zero-order valence-corrected chi connectivity index (χ0v) is 16.2. The van der Waals surface area contributed by atoms with E-state index in [0.29, 0.717) is 0 Å². The topological polar surface area (TPSA) is 63.4 Å². The quantitative estimate of drug-likeness (QED) is 0.386. The van der Waals surface area contributed by atoms with Crippen LogP contribution in [0.3, 0.4) is 0 Å². The molecule has 0 aliphatic heterocycles. The highest BCUT2D eigenvalue weighted by Gasteiger charge is 2.27. The van der Waals surface area contributed by atoms with Gasteiger partial charge in [-0.15, -0.1) is 0 Å². The van der Waals surface area contributed by atoms with Gasteiger partial charge < -0.3 is 4.90 Å². The molecule has 0 bridgehead atoms. The van der Waals surface area contributed by atoms with Crippen molar-refractivity contribution in [2.24, 2.45) is 5.14 Å². The SMILES string of the molecule is CN(C)c1ccc(-c2c(F)c(F)c(F)c(F)c2-c2ccc(S(N)(=O)=O)cc2)cc1. The van der Waals surface area contributed by atoms with Crippen LogP contribution in [0, 0.1) is 23.3 Å². The van der Waals surface area contributed by atoms with E-state index in [0.717, 1.165) is 30.0 Å². The summed E-state index contributed by atoms with van der Waals surface area (Å²) < 4.78 is 80.1. The Morgan fingerprint density at radius 3 is 1.41 bits per heavy atom. The minimum absolute atomic E-state index is 0.0422. The Bertz CT molecular complexity index is 1180. The van der Waals surface area contributed by atoms with Crippen molar-refractivity contribution in [2.75, 3.05) is 19.0 Å². The van der Waals surface area contributed by atoms with Crippen molar-refractivity contribution in [3.05, 3.63) is 71.8 Å². The molecule has 4 nitrogen and oxygen atoms in total. The second-order valence-corrected chi connectivity index (χ2v) is 8.08. The molecule has 0 aliphatic rings. The molecule has 2 N–H and O–H groups in total. The van der Waals surface area contributed by atoms with Gasteiger partial charge in [0.1, 0.15) is 0 Å². The van der Waals surface area contributed by atoms with Crippen LogP contribution < -0.4 is 10.0 Å². The molecule has 3 aromatic rings. The highest BCUT2D eigenvalue weighted by molar-refractivity contribution is 7.89. The Hall–Kier alpha value is -2.91. The van der Waals surface area contributed by atoms with Crippen LogP contribution in [-0.4, -0.2) is 22.5 Å². The lowest BCUT2D eigenvalue weighted by atomic mass is 9.92. The molecule has 0 radical (unpaired) electrons. The number of halogens is 4. The largest absolute Gasteiger partial charge is 0.378 e. The first-order valence-corrected chi connectivity index (χ1v) is 9.84. The van der Waals surface area contributed by atoms with Crippen molar-refractivity contribution < 1.29 is 26.0 Å². The van der Waals surface area contributed by atoms with Crippen molar-refractivity contribution >= 4 is 15.7 Å². The van der Waals surface area contributed by atoms with Gasteiger partial charge >= 0.3 is 0 Å². The number of anilines is 1. The van der Waals surface area contributed by atoms with Gasteiger partial charge in [0.15, 0.2) is 23.3 Å². The third-order valence-electron chi connectivity index (χ3n) is 4.41. The Balaban J connectivity index is 2.29. The summed E-state index contributed by atoms with van der Waals surface area (Å²) in [6.07, 6.45) is 0. The maximum Gasteiger partial charge on any atom is 0.238 e. The fraction of sp³-hybridized carbons (Fsp3) is 0.100. The summed E-state index contributed by atoms with van der Waals surface area (Å²) in [5, 5.41) is 5.03. The molecule has 9 heteroatoms. The lowest BCUT2D eigenvalue weighted by Crippen LogP contribution is -2.11. The third-order valence-corrected chi connectivity index (χ3v) is 5.34. The van der Waals surface area contributed by atoms with Gasteiger partial charge in [0.05, 0.1) is 4.90 Å². The van der Waals surface area contributed by atoms with E-state index in [2.05, 4.69) is 0 Å². The zero-order valence-electron chi connectivity index (χ0n) is 15.4. The van der Waals surface area contributed by atoms with Gasteiger partial charge in [-0.3, -0.25) is 0 Å². The summed E-state index contributed by atoms with van der Waals surface area (Å²) in [6.45, 7) is 0. The summed E-state index contributed by atoms with van der Waals surface area (Å²) in [7, 11) is -0.451. The van der Waals surface area contributed by atoms with E-state index >= 15 is 0 Å². The first-order valence-electron chi connectivity index (χ1n) is 8.29. The lowest BCUT2D eigenvalue weighted by molar-refractivity contribution is 0.412. The van der Waals surface area contributed by atoms with E-state index in [1.54, 1.807) is 31.1 Å². The lowest BCUT2D eigenvalue weighted by Gasteiger charge is -2.16. The van der Waals surface area contributed by atoms with Gasteiger partial charge in [0.25, 0.3) is 0 Å². The van der Waals surface area contributed by atoms with E-state index in [1.807, 2.05) is 0 Å². The highest BCUT2D eigenvalue weighted by atomic mass is 32.2. The average molecular weight is 424 g/mol. The molecule has 3 aromatic carbocycles. The minimum Gasteiger partial charge on any atom is -0.378 e. The molecule has 0 aromatic heterocycles. The molecule has 152 valence electrons. The van der Waals surface area contributed by atoms with Crippen LogP contribution in [0.15, 0.2) is 53.4 Å². The van der Waals surface area contributed by atoms with Crippen LogP contribution in [0.25, 0.3) is 22.3 Å². The van der Waals surface area contributed by atoms with Gasteiger partial charge in [0.2, 0.25) is 10.0 Å². The number of hydrogen-bond acceptors (Lipinski definition) is 3. The molecular formula is C20H16F4N2O2S. The smallest absolute Gasteiger partial charge is 0.238 e. The summed E-state index contributed by atoms with van der Waals surface area (Å²) in [5.41, 5.74) is -0.165. The van der Waals surface area contributed by atoms with Crippen LogP contribution in [0.2, 0.25) is 0 Å². The van der Waals surface area contributed by atoms with E-state index in [1.165, 1.54) is 12.1 Å². The van der Waals surface area contributed by atoms with Crippen molar-refractivity contribution in [1.82, 2.24) is 0 Å². The van der Waals surface area contributed by atoms with E-state index in [-0.39, 0.29) is 16.0 Å². The van der Waals surface area contributed by atoms with E-state index in [9.17, 15) is 26.0 Å². The molecule has 0 saturated carbocycles. The summed E-state index contributed by atoms with van der Waals surface area (Å²) >= 11 is 0. The monoisotopic (exact) mass is 424 g/mol. The molecule has 0 amide bonds. The Morgan fingerprint density at radius 1 is 0.690 bits per heavy atom. The zero-order chi connectivity index (χ0) is 21.5. The summed E-state index contributed by atoms with van der Waals surface area (Å²) in [4.78, 5) is 1.51. The number of nitrogens with zero attached hydrogens (tertiary/aromatic N) is 1. The summed E-state index contributed by atoms with van der Waals surface area (Å²) in [5.74, 6) is -7.02. The Morgan fingerprint density at radius 2 is 1.07 bits per heavy atom. The standard InChI is InChI=1S/C20H16F4N2O2S/c1-26(2)13-7-3-11(4-8-13)15-16(18(22)20(24)19(23)17(15)21)12-5-9-14(10-6-12)29(25,27)28/h3-10H,1-2H3,(H2,25,27,28). The number of rotatable bonds is 4. The normalized spacial score (nSPS) is 11.6. The van der Waals surface area contributed by atoms with Crippen molar-refractivity contribution in [1.29, 1.82) is 0 Å². The fourth-order valence-electron chi connectivity index (χ4n) is 2.91. The van der Waals surface area contributed by atoms with Gasteiger partial charge in [0, 0.05) is 30.9 Å². The molecule has 0 saturated heterocycles. The molecule has 0 fully saturated rings. The van der Waals surface area contributed by atoms with Gasteiger partial charge in [-0.1, -0.05) is 24.3 Å². The number of primary sulfonamides is 1. The molecule has 0 heterocycles. The minimum atomic E-state index is -4.02. The Kier molecular flexibility index (Phi) is 5.38. The molecule has 0 spiro atoms. The second kappa shape index (κ2) is 7.49. The average Bonchev–Trinajstić information content (AvgIpc) is 2.68. The molecule has 0 atom stereocenters. The van der Waals surface area contributed by atoms with Crippen LogP contribution in [0.4, 0.5) is 23.2 Å². The van der Waals surface area contributed by atoms with E-state index in [4.69, 9.17) is 5.14 Å². The second-order valence-electron chi connectivity index (χ2n) is 6.52. The fourth-order valence-corrected chi connectivity index (χ4v) is 3.43. The first-order chi connectivity index (χ1) is 13.5. The van der Waals surface area contributed by atoms with Gasteiger partial charge in [-0.2, -0.15) is 0 Å². The van der Waals surface area contributed by atoms with Crippen LogP contribution in [0.5, 0.6) is 0 Å². The molecule has 3 rings (SSSR count). The Labute approximate surface area is 165 Å². The maximum absolute atomic E-state index is 14.7. The molecule has 0 unspecified atom stereocenters. The number of nitrogens with two attached hydrogens (primary N) is 1. The van der Waals surface area contributed by atoms with E-state index < -0.39 is 44.4 Å². The van der Waals surface area contributed by atoms with Gasteiger partial charge in [-0.25, -0.2) is 31.1 Å². The van der Waals surface area contributed by atoms with Crippen molar-refractivity contribution in [3.8, 4) is 22.3 Å². The van der Waals surface area contributed by atoms with Crippen molar-refractivity contribution in [2.45, 2.75) is 4.90 Å². The van der Waals surface area contributed by atoms with Crippen LogP contribution in [0.1, 0.15) is 0 Å². The number of hydrogen-bond donors (Lipinski definition) is 1. The predicted molar refractivity (Wildman–Crippen MR) is 103 cm³/mol. The molecule has 29 heavy (non-hydrogen) atoms. The van der Waals surface area contributed by atoms with Crippen LogP contribution >= 0.6 is 0 Å². The van der Waals surface area contributed by atoms with Crippen LogP contribution in [-0.2, 0) is 10.0 Å².